The minimum absolute atomic E-state index is 0.120. The average Bonchev–Trinajstić information content (AvgIpc) is 2.35. The van der Waals surface area contributed by atoms with Crippen LogP contribution in [0.25, 0.3) is 0 Å². The van der Waals surface area contributed by atoms with Gasteiger partial charge >= 0.3 is 0 Å². The van der Waals surface area contributed by atoms with Crippen molar-refractivity contribution in [3.63, 3.8) is 0 Å². The highest BCUT2D eigenvalue weighted by atomic mass is 16.7. The lowest BCUT2D eigenvalue weighted by Crippen LogP contribution is -2.18. The monoisotopic (exact) mass is 144 g/mol. The fourth-order valence-electron chi connectivity index (χ4n) is 1.70. The summed E-state index contributed by atoms with van der Waals surface area (Å²) in [6.45, 7) is 2.45. The van der Waals surface area contributed by atoms with Crippen LogP contribution >= 0.6 is 0 Å². The molecule has 2 aliphatic heterocycles. The third-order valence-electron chi connectivity index (χ3n) is 2.25. The quantitative estimate of drug-likeness (QED) is 0.525. The Morgan fingerprint density at radius 2 is 2.30 bits per heavy atom. The molecule has 10 heavy (non-hydrogen) atoms. The highest BCUT2D eigenvalue weighted by molar-refractivity contribution is 4.85. The van der Waals surface area contributed by atoms with Crippen molar-refractivity contribution >= 4 is 0 Å². The van der Waals surface area contributed by atoms with Gasteiger partial charge in [-0.1, -0.05) is 0 Å². The maximum Gasteiger partial charge on any atom is 0.163 e. The lowest BCUT2D eigenvalue weighted by atomic mass is 10.0. The summed E-state index contributed by atoms with van der Waals surface area (Å²) in [7, 11) is 0. The van der Waals surface area contributed by atoms with Gasteiger partial charge in [0.05, 0.1) is 18.8 Å². The highest BCUT2D eigenvalue weighted by Gasteiger charge is 2.43. The number of ether oxygens (including phenoxy) is 2. The van der Waals surface area contributed by atoms with E-state index in [4.69, 9.17) is 9.47 Å². The Morgan fingerprint density at radius 1 is 1.50 bits per heavy atom. The predicted octanol–water partition coefficient (Wildman–Crippen LogP) is 0.129. The molecule has 0 spiro atoms. The summed E-state index contributed by atoms with van der Waals surface area (Å²) in [4.78, 5) is 0. The second-order valence-corrected chi connectivity index (χ2v) is 3.12. The molecule has 2 heterocycles. The van der Waals surface area contributed by atoms with Crippen LogP contribution in [0, 0.1) is 5.92 Å². The molecular formula is C7H12O3. The van der Waals surface area contributed by atoms with Crippen molar-refractivity contribution in [3.05, 3.63) is 0 Å². The summed E-state index contributed by atoms with van der Waals surface area (Å²) in [5, 5.41) is 9.31. The Labute approximate surface area is 59.9 Å². The van der Waals surface area contributed by atoms with Gasteiger partial charge in [0.25, 0.3) is 0 Å². The maximum absolute atomic E-state index is 9.31. The normalized spacial score (nSPS) is 53.4. The van der Waals surface area contributed by atoms with E-state index in [1.807, 2.05) is 6.92 Å². The van der Waals surface area contributed by atoms with Crippen molar-refractivity contribution in [2.75, 3.05) is 6.61 Å². The van der Waals surface area contributed by atoms with E-state index < -0.39 is 0 Å². The standard InChI is InChI=1S/C7H12O3/c1-4-2-5-6(8)3-9-7(5)10-4/h4-8H,2-3H2,1H3. The largest absolute Gasteiger partial charge is 0.390 e. The van der Waals surface area contributed by atoms with Crippen LogP contribution < -0.4 is 0 Å². The first-order chi connectivity index (χ1) is 4.77. The summed E-state index contributed by atoms with van der Waals surface area (Å²) >= 11 is 0. The van der Waals surface area contributed by atoms with Crippen LogP contribution in [0.1, 0.15) is 13.3 Å². The zero-order valence-corrected chi connectivity index (χ0v) is 5.99. The van der Waals surface area contributed by atoms with Crippen LogP contribution in [0.5, 0.6) is 0 Å². The van der Waals surface area contributed by atoms with Gasteiger partial charge in [0.2, 0.25) is 0 Å². The third-order valence-corrected chi connectivity index (χ3v) is 2.25. The maximum atomic E-state index is 9.31. The summed E-state index contributed by atoms with van der Waals surface area (Å²) in [5.74, 6) is 0.231. The van der Waals surface area contributed by atoms with Crippen LogP contribution in [0.15, 0.2) is 0 Å². The van der Waals surface area contributed by atoms with E-state index in [-0.39, 0.29) is 24.4 Å². The van der Waals surface area contributed by atoms with E-state index >= 15 is 0 Å². The summed E-state index contributed by atoms with van der Waals surface area (Å²) in [6.07, 6.45) is 0.774. The van der Waals surface area contributed by atoms with Crippen molar-refractivity contribution < 1.29 is 14.6 Å². The van der Waals surface area contributed by atoms with Crippen molar-refractivity contribution in [1.29, 1.82) is 0 Å². The van der Waals surface area contributed by atoms with Crippen molar-refractivity contribution in [3.8, 4) is 0 Å². The van der Waals surface area contributed by atoms with Crippen molar-refractivity contribution in [1.82, 2.24) is 0 Å². The molecule has 2 aliphatic rings. The fourth-order valence-corrected chi connectivity index (χ4v) is 1.70. The van der Waals surface area contributed by atoms with Crippen LogP contribution in [0.4, 0.5) is 0 Å². The molecule has 0 aromatic heterocycles. The summed E-state index contributed by atoms with van der Waals surface area (Å²) in [6, 6.07) is 0. The van der Waals surface area contributed by atoms with E-state index in [0.29, 0.717) is 6.61 Å². The number of hydrogen-bond acceptors (Lipinski definition) is 3. The van der Waals surface area contributed by atoms with E-state index in [1.54, 1.807) is 0 Å². The van der Waals surface area contributed by atoms with E-state index in [2.05, 4.69) is 0 Å². The first-order valence-corrected chi connectivity index (χ1v) is 3.72. The van der Waals surface area contributed by atoms with Crippen LogP contribution in [0.2, 0.25) is 0 Å². The molecule has 0 aromatic carbocycles. The molecule has 0 amide bonds. The van der Waals surface area contributed by atoms with E-state index in [9.17, 15) is 5.11 Å². The molecule has 1 N–H and O–H groups in total. The summed E-state index contributed by atoms with van der Waals surface area (Å²) < 4.78 is 10.6. The molecule has 4 unspecified atom stereocenters. The Balaban J connectivity index is 2.05. The average molecular weight is 144 g/mol. The molecule has 2 saturated heterocycles. The lowest BCUT2D eigenvalue weighted by molar-refractivity contribution is -0.112. The smallest absolute Gasteiger partial charge is 0.163 e. The van der Waals surface area contributed by atoms with Gasteiger partial charge in [0.15, 0.2) is 6.29 Å². The Kier molecular flexibility index (Phi) is 1.44. The minimum atomic E-state index is -0.296. The van der Waals surface area contributed by atoms with Crippen LogP contribution in [-0.2, 0) is 9.47 Å². The molecule has 58 valence electrons. The predicted molar refractivity (Wildman–Crippen MR) is 34.4 cm³/mol. The lowest BCUT2D eigenvalue weighted by Gasteiger charge is -2.06. The van der Waals surface area contributed by atoms with Gasteiger partial charge < -0.3 is 14.6 Å². The van der Waals surface area contributed by atoms with Crippen LogP contribution in [0.3, 0.4) is 0 Å². The van der Waals surface area contributed by atoms with E-state index in [0.717, 1.165) is 6.42 Å². The van der Waals surface area contributed by atoms with E-state index in [1.165, 1.54) is 0 Å². The Bertz CT molecular complexity index is 137. The number of hydrogen-bond donors (Lipinski definition) is 1. The topological polar surface area (TPSA) is 38.7 Å². The number of fused-ring (bicyclic) bond motifs is 1. The van der Waals surface area contributed by atoms with Crippen LogP contribution in [-0.4, -0.2) is 30.2 Å². The van der Waals surface area contributed by atoms with Gasteiger partial charge in [-0.3, -0.25) is 0 Å². The molecule has 3 nitrogen and oxygen atoms in total. The number of aliphatic hydroxyl groups excluding tert-OH is 1. The highest BCUT2D eigenvalue weighted by Crippen LogP contribution is 2.34. The molecule has 2 fully saturated rings. The molecule has 0 aromatic rings. The molecule has 0 aliphatic carbocycles. The number of rotatable bonds is 0. The first-order valence-electron chi connectivity index (χ1n) is 3.72. The molecule has 0 radical (unpaired) electrons. The minimum Gasteiger partial charge on any atom is -0.390 e. The van der Waals surface area contributed by atoms with Gasteiger partial charge in [-0.15, -0.1) is 0 Å². The van der Waals surface area contributed by atoms with Gasteiger partial charge in [0, 0.05) is 5.92 Å². The van der Waals surface area contributed by atoms with Crippen molar-refractivity contribution in [2.24, 2.45) is 5.92 Å². The molecule has 3 heteroatoms. The zero-order chi connectivity index (χ0) is 7.14. The Morgan fingerprint density at radius 3 is 3.00 bits per heavy atom. The second-order valence-electron chi connectivity index (χ2n) is 3.12. The number of aliphatic hydroxyl groups is 1. The SMILES string of the molecule is CC1CC2C(O)COC2O1. The van der Waals surface area contributed by atoms with Gasteiger partial charge in [-0.05, 0) is 13.3 Å². The zero-order valence-electron chi connectivity index (χ0n) is 5.99. The Hall–Kier alpha value is -0.120. The molecule has 0 bridgehead atoms. The summed E-state index contributed by atoms with van der Waals surface area (Å²) in [5.41, 5.74) is 0. The van der Waals surface area contributed by atoms with Gasteiger partial charge in [-0.2, -0.15) is 0 Å². The van der Waals surface area contributed by atoms with Crippen molar-refractivity contribution in [2.45, 2.75) is 31.8 Å². The fraction of sp³-hybridized carbons (Fsp3) is 1.00. The molecule has 0 saturated carbocycles. The second kappa shape index (κ2) is 2.19. The van der Waals surface area contributed by atoms with Gasteiger partial charge in [0.1, 0.15) is 0 Å². The molecule has 2 rings (SSSR count). The molecule has 4 atom stereocenters. The first kappa shape index (κ1) is 6.58. The third kappa shape index (κ3) is 0.856. The molecular weight excluding hydrogens is 132 g/mol. The van der Waals surface area contributed by atoms with Gasteiger partial charge in [-0.25, -0.2) is 0 Å².